The van der Waals surface area contributed by atoms with Crippen molar-refractivity contribution in [1.29, 1.82) is 0 Å². The number of nitrogens with zero attached hydrogens (tertiary/aromatic N) is 1. The molecule has 0 radical (unpaired) electrons. The van der Waals surface area contributed by atoms with Gasteiger partial charge in [-0.15, -0.1) is 0 Å². The number of nitrogens with one attached hydrogen (secondary N) is 1. The van der Waals surface area contributed by atoms with Crippen molar-refractivity contribution in [3.63, 3.8) is 0 Å². The highest BCUT2D eigenvalue weighted by atomic mass is 16.5. The van der Waals surface area contributed by atoms with Crippen LogP contribution < -0.4 is 5.32 Å². The Morgan fingerprint density at radius 3 is 2.81 bits per heavy atom. The molecule has 2 N–H and O–H groups in total. The van der Waals surface area contributed by atoms with E-state index in [9.17, 15) is 9.90 Å². The molecule has 1 atom stereocenters. The van der Waals surface area contributed by atoms with Gasteiger partial charge in [-0.05, 0) is 20.8 Å². The van der Waals surface area contributed by atoms with Gasteiger partial charge in [0, 0.05) is 25.2 Å². The summed E-state index contributed by atoms with van der Waals surface area (Å²) in [5.74, 6) is -0.0407. The molecule has 0 bridgehead atoms. The minimum atomic E-state index is -0.527. The summed E-state index contributed by atoms with van der Waals surface area (Å²) < 4.78 is 5.02. The van der Waals surface area contributed by atoms with Gasteiger partial charge in [0.05, 0.1) is 12.7 Å². The molecule has 1 saturated heterocycles. The SMILES string of the molecule is CC(C)(C)NCC(O)CN1CCOCC1=O. The maximum atomic E-state index is 11.4. The number of carbonyl (C=O) groups excluding carboxylic acids is 1. The first kappa shape index (κ1) is 13.4. The van der Waals surface area contributed by atoms with Crippen molar-refractivity contribution in [3.05, 3.63) is 0 Å². The van der Waals surface area contributed by atoms with Crippen molar-refractivity contribution in [1.82, 2.24) is 10.2 Å². The summed E-state index contributed by atoms with van der Waals surface area (Å²) in [6.45, 7) is 8.27. The molecule has 1 rings (SSSR count). The van der Waals surface area contributed by atoms with Gasteiger partial charge in [0.2, 0.25) is 5.91 Å². The van der Waals surface area contributed by atoms with Crippen molar-refractivity contribution in [2.75, 3.05) is 32.8 Å². The standard InChI is InChI=1S/C11H22N2O3/c1-11(2,3)12-6-9(14)7-13-4-5-16-8-10(13)15/h9,12,14H,4-8H2,1-3H3. The number of hydrogen-bond acceptors (Lipinski definition) is 4. The number of aliphatic hydroxyl groups excluding tert-OH is 1. The van der Waals surface area contributed by atoms with Gasteiger partial charge in [0.1, 0.15) is 6.61 Å². The van der Waals surface area contributed by atoms with Crippen LogP contribution in [0, 0.1) is 0 Å². The second kappa shape index (κ2) is 5.61. The number of β-amino-alcohol motifs (C(OH)–C–C–N with tert-alkyl or cyclic N) is 1. The fourth-order valence-corrected chi connectivity index (χ4v) is 1.49. The highest BCUT2D eigenvalue weighted by molar-refractivity contribution is 5.78. The normalized spacial score (nSPS) is 20.0. The minimum absolute atomic E-state index is 0.0179. The van der Waals surface area contributed by atoms with Crippen LogP contribution in [0.3, 0.4) is 0 Å². The third-order valence-electron chi connectivity index (χ3n) is 2.38. The zero-order valence-corrected chi connectivity index (χ0v) is 10.3. The molecule has 1 aliphatic heterocycles. The number of amides is 1. The summed E-state index contributed by atoms with van der Waals surface area (Å²) in [6, 6.07) is 0. The largest absolute Gasteiger partial charge is 0.390 e. The van der Waals surface area contributed by atoms with Crippen molar-refractivity contribution < 1.29 is 14.6 Å². The lowest BCUT2D eigenvalue weighted by Gasteiger charge is -2.30. The third kappa shape index (κ3) is 4.92. The molecule has 5 heteroatoms. The quantitative estimate of drug-likeness (QED) is 0.689. The highest BCUT2D eigenvalue weighted by Crippen LogP contribution is 2.02. The first-order valence-corrected chi connectivity index (χ1v) is 5.67. The number of carbonyl (C=O) groups is 1. The zero-order chi connectivity index (χ0) is 12.2. The summed E-state index contributed by atoms with van der Waals surface area (Å²) in [6.07, 6.45) is -0.527. The van der Waals surface area contributed by atoms with E-state index >= 15 is 0 Å². The Balaban J connectivity index is 2.27. The van der Waals surface area contributed by atoms with Crippen LogP contribution in [0.4, 0.5) is 0 Å². The Hall–Kier alpha value is -0.650. The van der Waals surface area contributed by atoms with Crippen LogP contribution in [-0.4, -0.2) is 60.4 Å². The lowest BCUT2D eigenvalue weighted by Crippen LogP contribution is -2.49. The summed E-state index contributed by atoms with van der Waals surface area (Å²) in [5, 5.41) is 13.0. The first-order valence-electron chi connectivity index (χ1n) is 5.67. The number of aliphatic hydroxyl groups is 1. The number of rotatable bonds is 4. The molecule has 1 heterocycles. The van der Waals surface area contributed by atoms with Crippen molar-refractivity contribution in [3.8, 4) is 0 Å². The smallest absolute Gasteiger partial charge is 0.248 e. The average molecular weight is 230 g/mol. The van der Waals surface area contributed by atoms with Crippen molar-refractivity contribution >= 4 is 5.91 Å². The zero-order valence-electron chi connectivity index (χ0n) is 10.3. The summed E-state index contributed by atoms with van der Waals surface area (Å²) in [5.41, 5.74) is -0.0179. The second-order valence-electron chi connectivity index (χ2n) is 5.18. The molecule has 0 aromatic heterocycles. The molecule has 5 nitrogen and oxygen atoms in total. The van der Waals surface area contributed by atoms with Crippen molar-refractivity contribution in [2.45, 2.75) is 32.4 Å². The van der Waals surface area contributed by atoms with Gasteiger partial charge >= 0.3 is 0 Å². The van der Waals surface area contributed by atoms with E-state index in [0.29, 0.717) is 26.2 Å². The molecule has 1 amide bonds. The number of morpholine rings is 1. The summed E-state index contributed by atoms with van der Waals surface area (Å²) >= 11 is 0. The van der Waals surface area contributed by atoms with E-state index in [1.165, 1.54) is 0 Å². The molecular weight excluding hydrogens is 208 g/mol. The van der Waals surface area contributed by atoms with Crippen LogP contribution in [-0.2, 0) is 9.53 Å². The lowest BCUT2D eigenvalue weighted by atomic mass is 10.1. The van der Waals surface area contributed by atoms with E-state index in [1.807, 2.05) is 20.8 Å². The van der Waals surface area contributed by atoms with E-state index < -0.39 is 6.10 Å². The monoisotopic (exact) mass is 230 g/mol. The van der Waals surface area contributed by atoms with Crippen LogP contribution in [0.1, 0.15) is 20.8 Å². The number of ether oxygens (including phenoxy) is 1. The third-order valence-corrected chi connectivity index (χ3v) is 2.38. The van der Waals surface area contributed by atoms with E-state index in [0.717, 1.165) is 0 Å². The van der Waals surface area contributed by atoms with Crippen molar-refractivity contribution in [2.24, 2.45) is 0 Å². The minimum Gasteiger partial charge on any atom is -0.390 e. The topological polar surface area (TPSA) is 61.8 Å². The highest BCUT2D eigenvalue weighted by Gasteiger charge is 2.21. The van der Waals surface area contributed by atoms with Crippen LogP contribution in [0.25, 0.3) is 0 Å². The molecule has 0 aromatic rings. The van der Waals surface area contributed by atoms with E-state index in [-0.39, 0.29) is 18.1 Å². The lowest BCUT2D eigenvalue weighted by molar-refractivity contribution is -0.144. The van der Waals surface area contributed by atoms with Crippen LogP contribution >= 0.6 is 0 Å². The predicted octanol–water partition coefficient (Wildman–Crippen LogP) is -0.406. The fraction of sp³-hybridized carbons (Fsp3) is 0.909. The molecule has 1 aliphatic rings. The predicted molar refractivity (Wildman–Crippen MR) is 61.2 cm³/mol. The molecule has 1 fully saturated rings. The molecule has 0 spiro atoms. The van der Waals surface area contributed by atoms with Gasteiger partial charge in [0.15, 0.2) is 0 Å². The maximum Gasteiger partial charge on any atom is 0.248 e. The molecular formula is C11H22N2O3. The molecule has 0 aliphatic carbocycles. The van der Waals surface area contributed by atoms with Gasteiger partial charge in [0.25, 0.3) is 0 Å². The van der Waals surface area contributed by atoms with Gasteiger partial charge in [-0.3, -0.25) is 4.79 Å². The maximum absolute atomic E-state index is 11.4. The summed E-state index contributed by atoms with van der Waals surface area (Å²) in [4.78, 5) is 13.1. The van der Waals surface area contributed by atoms with E-state index in [2.05, 4.69) is 5.32 Å². The Labute approximate surface area is 96.8 Å². The molecule has 16 heavy (non-hydrogen) atoms. The Morgan fingerprint density at radius 2 is 2.25 bits per heavy atom. The van der Waals surface area contributed by atoms with Gasteiger partial charge in [-0.25, -0.2) is 0 Å². The Kier molecular flexibility index (Phi) is 4.70. The Bertz CT molecular complexity index is 238. The Morgan fingerprint density at radius 1 is 1.56 bits per heavy atom. The molecule has 1 unspecified atom stereocenters. The fourth-order valence-electron chi connectivity index (χ4n) is 1.49. The second-order valence-corrected chi connectivity index (χ2v) is 5.18. The van der Waals surface area contributed by atoms with Crippen LogP contribution in [0.15, 0.2) is 0 Å². The van der Waals surface area contributed by atoms with Gasteiger partial charge in [-0.2, -0.15) is 0 Å². The van der Waals surface area contributed by atoms with Gasteiger partial charge in [-0.1, -0.05) is 0 Å². The molecule has 0 saturated carbocycles. The summed E-state index contributed by atoms with van der Waals surface area (Å²) in [7, 11) is 0. The average Bonchev–Trinajstić information content (AvgIpc) is 2.18. The number of hydrogen-bond donors (Lipinski definition) is 2. The molecule has 94 valence electrons. The van der Waals surface area contributed by atoms with Crippen LogP contribution in [0.5, 0.6) is 0 Å². The molecule has 0 aromatic carbocycles. The van der Waals surface area contributed by atoms with E-state index in [1.54, 1.807) is 4.90 Å². The van der Waals surface area contributed by atoms with E-state index in [4.69, 9.17) is 4.74 Å². The first-order chi connectivity index (χ1) is 7.38. The van der Waals surface area contributed by atoms with Gasteiger partial charge < -0.3 is 20.1 Å². The van der Waals surface area contributed by atoms with Crippen LogP contribution in [0.2, 0.25) is 0 Å².